The van der Waals surface area contributed by atoms with Crippen molar-refractivity contribution in [2.24, 2.45) is 5.92 Å². The van der Waals surface area contributed by atoms with Crippen LogP contribution in [0.25, 0.3) is 0 Å². The van der Waals surface area contributed by atoms with Crippen LogP contribution in [0.4, 0.5) is 5.82 Å². The molecule has 0 atom stereocenters. The van der Waals surface area contributed by atoms with E-state index in [9.17, 15) is 9.59 Å². The van der Waals surface area contributed by atoms with Gasteiger partial charge in [-0.05, 0) is 30.9 Å². The van der Waals surface area contributed by atoms with Gasteiger partial charge < -0.3 is 5.32 Å². The Labute approximate surface area is 106 Å². The maximum atomic E-state index is 11.7. The number of ketones is 1. The van der Waals surface area contributed by atoms with Gasteiger partial charge in [0.1, 0.15) is 5.69 Å². The van der Waals surface area contributed by atoms with Gasteiger partial charge in [0.2, 0.25) is 5.91 Å². The van der Waals surface area contributed by atoms with Crippen molar-refractivity contribution in [1.82, 2.24) is 10.2 Å². The van der Waals surface area contributed by atoms with Crippen molar-refractivity contribution in [1.29, 1.82) is 0 Å². The van der Waals surface area contributed by atoms with E-state index in [0.29, 0.717) is 24.4 Å². The van der Waals surface area contributed by atoms with Crippen molar-refractivity contribution in [3.8, 4) is 0 Å². The van der Waals surface area contributed by atoms with Crippen LogP contribution in [0.15, 0.2) is 6.07 Å². The fourth-order valence-corrected chi connectivity index (χ4v) is 1.74. The standard InChI is InChI=1S/C13H17N3O2/c1-3-8-7-11(14-13(18)9-5-6-9)15-16-12(8)10(17)4-2/h7,9H,3-6H2,1-2H3,(H,14,15,18). The van der Waals surface area contributed by atoms with E-state index in [4.69, 9.17) is 0 Å². The van der Waals surface area contributed by atoms with E-state index in [1.165, 1.54) is 0 Å². The van der Waals surface area contributed by atoms with E-state index in [-0.39, 0.29) is 17.6 Å². The summed E-state index contributed by atoms with van der Waals surface area (Å²) in [4.78, 5) is 23.3. The van der Waals surface area contributed by atoms with Crippen LogP contribution in [0.3, 0.4) is 0 Å². The average molecular weight is 247 g/mol. The number of hydrogen-bond donors (Lipinski definition) is 1. The van der Waals surface area contributed by atoms with Crippen molar-refractivity contribution < 1.29 is 9.59 Å². The van der Waals surface area contributed by atoms with Gasteiger partial charge in [0.25, 0.3) is 0 Å². The topological polar surface area (TPSA) is 72.0 Å². The zero-order valence-electron chi connectivity index (χ0n) is 10.7. The van der Waals surface area contributed by atoms with E-state index in [0.717, 1.165) is 18.4 Å². The molecule has 1 fully saturated rings. The second kappa shape index (κ2) is 5.25. The first-order valence-corrected chi connectivity index (χ1v) is 6.36. The Balaban J connectivity index is 2.18. The first-order chi connectivity index (χ1) is 8.65. The Kier molecular flexibility index (Phi) is 3.69. The molecule has 96 valence electrons. The molecule has 0 unspecified atom stereocenters. The van der Waals surface area contributed by atoms with Crippen LogP contribution in [0.2, 0.25) is 0 Å². The van der Waals surface area contributed by atoms with Crippen molar-refractivity contribution in [2.45, 2.75) is 39.5 Å². The van der Waals surface area contributed by atoms with E-state index in [1.807, 2.05) is 6.92 Å². The number of nitrogens with one attached hydrogen (secondary N) is 1. The van der Waals surface area contributed by atoms with Gasteiger partial charge in [0.15, 0.2) is 11.6 Å². The molecule has 2 rings (SSSR count). The fourth-order valence-electron chi connectivity index (χ4n) is 1.74. The molecule has 5 heteroatoms. The lowest BCUT2D eigenvalue weighted by molar-refractivity contribution is -0.117. The Morgan fingerprint density at radius 2 is 2.06 bits per heavy atom. The molecule has 0 radical (unpaired) electrons. The SMILES string of the molecule is CCC(=O)c1nnc(NC(=O)C2CC2)cc1CC. The van der Waals surface area contributed by atoms with Gasteiger partial charge in [-0.25, -0.2) is 0 Å². The lowest BCUT2D eigenvalue weighted by Gasteiger charge is -2.07. The maximum Gasteiger partial charge on any atom is 0.228 e. The number of carbonyl (C=O) groups excluding carboxylic acids is 2. The minimum absolute atomic E-state index is 0.000853. The number of rotatable bonds is 5. The van der Waals surface area contributed by atoms with Crippen molar-refractivity contribution >= 4 is 17.5 Å². The molecule has 0 aliphatic heterocycles. The van der Waals surface area contributed by atoms with Gasteiger partial charge in [0, 0.05) is 12.3 Å². The normalized spacial score (nSPS) is 14.3. The summed E-state index contributed by atoms with van der Waals surface area (Å²) < 4.78 is 0. The summed E-state index contributed by atoms with van der Waals surface area (Å²) in [7, 11) is 0. The Morgan fingerprint density at radius 1 is 1.33 bits per heavy atom. The Bertz CT molecular complexity index is 481. The molecule has 1 aromatic rings. The van der Waals surface area contributed by atoms with Crippen LogP contribution in [0.1, 0.15) is 49.2 Å². The van der Waals surface area contributed by atoms with Crippen LogP contribution in [0.5, 0.6) is 0 Å². The number of aromatic nitrogens is 2. The van der Waals surface area contributed by atoms with Gasteiger partial charge in [-0.3, -0.25) is 9.59 Å². The number of hydrogen-bond acceptors (Lipinski definition) is 4. The van der Waals surface area contributed by atoms with Crippen molar-refractivity contribution in [3.63, 3.8) is 0 Å². The van der Waals surface area contributed by atoms with E-state index < -0.39 is 0 Å². The lowest BCUT2D eigenvalue weighted by atomic mass is 10.1. The summed E-state index contributed by atoms with van der Waals surface area (Å²) in [5.41, 5.74) is 1.26. The van der Waals surface area contributed by atoms with Gasteiger partial charge >= 0.3 is 0 Å². The summed E-state index contributed by atoms with van der Waals surface area (Å²) >= 11 is 0. The first kappa shape index (κ1) is 12.7. The predicted molar refractivity (Wildman–Crippen MR) is 67.4 cm³/mol. The van der Waals surface area contributed by atoms with E-state index in [1.54, 1.807) is 13.0 Å². The predicted octanol–water partition coefficient (Wildman–Crippen LogP) is 1.98. The number of amides is 1. The van der Waals surface area contributed by atoms with Crippen LogP contribution in [0, 0.1) is 5.92 Å². The van der Waals surface area contributed by atoms with Gasteiger partial charge in [-0.2, -0.15) is 0 Å². The minimum atomic E-state index is -0.0144. The fraction of sp³-hybridized carbons (Fsp3) is 0.538. The molecule has 1 aliphatic rings. The number of Topliss-reactive ketones (excluding diaryl/α,β-unsaturated/α-hetero) is 1. The largest absolute Gasteiger partial charge is 0.309 e. The molecule has 0 bridgehead atoms. The highest BCUT2D eigenvalue weighted by molar-refractivity contribution is 5.96. The molecular weight excluding hydrogens is 230 g/mol. The number of nitrogens with zero attached hydrogens (tertiary/aromatic N) is 2. The maximum absolute atomic E-state index is 11.7. The molecule has 1 heterocycles. The minimum Gasteiger partial charge on any atom is -0.309 e. The summed E-state index contributed by atoms with van der Waals surface area (Å²) in [6, 6.07) is 1.75. The van der Waals surface area contributed by atoms with Gasteiger partial charge in [-0.15, -0.1) is 10.2 Å². The Morgan fingerprint density at radius 3 is 2.61 bits per heavy atom. The molecule has 1 aromatic heterocycles. The molecule has 1 saturated carbocycles. The van der Waals surface area contributed by atoms with Crippen LogP contribution in [-0.2, 0) is 11.2 Å². The third-order valence-corrected chi connectivity index (χ3v) is 3.04. The van der Waals surface area contributed by atoms with Gasteiger partial charge in [-0.1, -0.05) is 13.8 Å². The summed E-state index contributed by atoms with van der Waals surface area (Å²) in [5.74, 6) is 0.561. The highest BCUT2D eigenvalue weighted by Crippen LogP contribution is 2.30. The molecule has 0 aromatic carbocycles. The third-order valence-electron chi connectivity index (χ3n) is 3.04. The zero-order chi connectivity index (χ0) is 13.1. The van der Waals surface area contributed by atoms with Crippen LogP contribution < -0.4 is 5.32 Å². The first-order valence-electron chi connectivity index (χ1n) is 6.36. The van der Waals surface area contributed by atoms with Crippen molar-refractivity contribution in [2.75, 3.05) is 5.32 Å². The average Bonchev–Trinajstić information content (AvgIpc) is 3.22. The summed E-state index contributed by atoms with van der Waals surface area (Å²) in [5, 5.41) is 10.6. The van der Waals surface area contributed by atoms with Gasteiger partial charge in [0.05, 0.1) is 0 Å². The number of aryl methyl sites for hydroxylation is 1. The van der Waals surface area contributed by atoms with E-state index >= 15 is 0 Å². The Hall–Kier alpha value is -1.78. The summed E-state index contributed by atoms with van der Waals surface area (Å²) in [6.45, 7) is 3.75. The molecule has 0 spiro atoms. The second-order valence-electron chi connectivity index (χ2n) is 4.50. The highest BCUT2D eigenvalue weighted by Gasteiger charge is 2.30. The van der Waals surface area contributed by atoms with Crippen molar-refractivity contribution in [3.05, 3.63) is 17.3 Å². The smallest absolute Gasteiger partial charge is 0.228 e. The third kappa shape index (κ3) is 2.72. The quantitative estimate of drug-likeness (QED) is 0.807. The zero-order valence-corrected chi connectivity index (χ0v) is 10.7. The molecule has 5 nitrogen and oxygen atoms in total. The monoisotopic (exact) mass is 247 g/mol. The molecule has 0 saturated heterocycles. The molecular formula is C13H17N3O2. The van der Waals surface area contributed by atoms with Crippen LogP contribution in [-0.4, -0.2) is 21.9 Å². The van der Waals surface area contributed by atoms with Crippen LogP contribution >= 0.6 is 0 Å². The lowest BCUT2D eigenvalue weighted by Crippen LogP contribution is -2.16. The molecule has 1 aliphatic carbocycles. The number of carbonyl (C=O) groups is 2. The number of anilines is 1. The van der Waals surface area contributed by atoms with E-state index in [2.05, 4.69) is 15.5 Å². The molecule has 1 N–H and O–H groups in total. The second-order valence-corrected chi connectivity index (χ2v) is 4.50. The molecule has 18 heavy (non-hydrogen) atoms. The summed E-state index contributed by atoms with van der Waals surface area (Å²) in [6.07, 6.45) is 3.01. The highest BCUT2D eigenvalue weighted by atomic mass is 16.2. The molecule has 1 amide bonds.